The van der Waals surface area contributed by atoms with Gasteiger partial charge < -0.3 is 9.47 Å². The van der Waals surface area contributed by atoms with Gasteiger partial charge in [-0.1, -0.05) is 32.6 Å². The van der Waals surface area contributed by atoms with Crippen LogP contribution < -0.4 is 0 Å². The average Bonchev–Trinajstić information content (AvgIpc) is 3.09. The Balaban J connectivity index is 2.44. The average molecular weight is 396 g/mol. The minimum absolute atomic E-state index is 0.136. The van der Waals surface area contributed by atoms with Gasteiger partial charge in [0.1, 0.15) is 6.10 Å². The Morgan fingerprint density at radius 2 is 1.96 bits per heavy atom. The molecule has 1 rings (SSSR count). The summed E-state index contributed by atoms with van der Waals surface area (Å²) in [5.41, 5.74) is 2.96. The molecule has 0 N–H and O–H groups in total. The van der Waals surface area contributed by atoms with Crippen LogP contribution in [0.3, 0.4) is 0 Å². The number of carbonyl (C=O) groups is 2. The van der Waals surface area contributed by atoms with Crippen LogP contribution in [0.2, 0.25) is 0 Å². The molecule has 0 spiro atoms. The van der Waals surface area contributed by atoms with E-state index in [1.54, 1.807) is 11.3 Å². The Morgan fingerprint density at radius 3 is 2.67 bits per heavy atom. The number of unbranched alkanes of at least 4 members (excludes halogenated alkanes) is 5. The van der Waals surface area contributed by atoms with E-state index in [2.05, 4.69) is 16.6 Å². The number of thiazole rings is 1. The number of aryl methyl sites for hydroxylation is 1. The zero-order chi connectivity index (χ0) is 19.9. The summed E-state index contributed by atoms with van der Waals surface area (Å²) in [7, 11) is 1.43. The highest BCUT2D eigenvalue weighted by atomic mass is 32.1. The van der Waals surface area contributed by atoms with Crippen molar-refractivity contribution < 1.29 is 19.1 Å². The number of esters is 2. The van der Waals surface area contributed by atoms with Crippen LogP contribution in [-0.2, 0) is 25.5 Å². The molecule has 1 aromatic rings. The van der Waals surface area contributed by atoms with Gasteiger partial charge in [-0.2, -0.15) is 0 Å². The molecule has 0 aliphatic carbocycles. The van der Waals surface area contributed by atoms with E-state index in [1.165, 1.54) is 14.0 Å². The molecule has 1 unspecified atom stereocenters. The van der Waals surface area contributed by atoms with Gasteiger partial charge >= 0.3 is 11.9 Å². The fourth-order valence-corrected chi connectivity index (χ4v) is 3.56. The van der Waals surface area contributed by atoms with Crippen LogP contribution in [0.4, 0.5) is 0 Å². The predicted octanol–water partition coefficient (Wildman–Crippen LogP) is 5.33. The van der Waals surface area contributed by atoms with Crippen LogP contribution in [0.15, 0.2) is 11.6 Å². The van der Waals surface area contributed by atoms with Crippen molar-refractivity contribution in [1.82, 2.24) is 4.98 Å². The third-order valence-electron chi connectivity index (χ3n) is 4.32. The van der Waals surface area contributed by atoms with Crippen molar-refractivity contribution in [3.8, 4) is 0 Å². The lowest BCUT2D eigenvalue weighted by Crippen LogP contribution is -2.13. The molecule has 0 amide bonds. The van der Waals surface area contributed by atoms with Gasteiger partial charge in [0, 0.05) is 18.2 Å². The van der Waals surface area contributed by atoms with Gasteiger partial charge in [-0.15, -0.1) is 11.3 Å². The number of ether oxygens (including phenoxy) is 2. The van der Waals surface area contributed by atoms with Crippen molar-refractivity contribution in [3.63, 3.8) is 0 Å². The van der Waals surface area contributed by atoms with E-state index in [0.717, 1.165) is 68.4 Å². The summed E-state index contributed by atoms with van der Waals surface area (Å²) in [6, 6.07) is 0. The van der Waals surface area contributed by atoms with Gasteiger partial charge in [0.05, 0.1) is 18.3 Å². The lowest BCUT2D eigenvalue weighted by atomic mass is 10.1. The first-order chi connectivity index (χ1) is 13.1. The monoisotopic (exact) mass is 395 g/mol. The third-order valence-corrected chi connectivity index (χ3v) is 5.15. The van der Waals surface area contributed by atoms with Gasteiger partial charge in [-0.25, -0.2) is 4.98 Å². The first kappa shape index (κ1) is 23.3. The van der Waals surface area contributed by atoms with Gasteiger partial charge in [-0.05, 0) is 44.3 Å². The maximum Gasteiger partial charge on any atom is 0.305 e. The van der Waals surface area contributed by atoms with Gasteiger partial charge in [0.2, 0.25) is 0 Å². The molecule has 0 saturated heterocycles. The molecule has 1 aromatic heterocycles. The number of nitrogens with zero attached hydrogens (tertiary/aromatic N) is 1. The lowest BCUT2D eigenvalue weighted by molar-refractivity contribution is -0.144. The Labute approximate surface area is 167 Å². The normalized spacial score (nSPS) is 12.3. The number of hydrogen-bond acceptors (Lipinski definition) is 6. The van der Waals surface area contributed by atoms with E-state index in [4.69, 9.17) is 4.74 Å². The molecule has 6 heteroatoms. The predicted molar refractivity (Wildman–Crippen MR) is 110 cm³/mol. The standard InChI is InChI=1S/C21H33NO4S/c1-4-5-8-11-18(26-17(2)23)14-15-20-19(22-16-27-20)12-9-6-7-10-13-21(24)25-3/h14-16,18H,4-13H2,1-3H3. The van der Waals surface area contributed by atoms with Crippen LogP contribution in [0.5, 0.6) is 0 Å². The molecule has 1 atom stereocenters. The molecule has 0 saturated carbocycles. The molecule has 0 bridgehead atoms. The first-order valence-corrected chi connectivity index (χ1v) is 10.8. The molecule has 0 fully saturated rings. The van der Waals surface area contributed by atoms with Crippen LogP contribution in [0.1, 0.15) is 82.2 Å². The smallest absolute Gasteiger partial charge is 0.305 e. The molecule has 0 aliphatic rings. The first-order valence-electron chi connectivity index (χ1n) is 9.91. The minimum atomic E-state index is -0.238. The summed E-state index contributed by atoms with van der Waals surface area (Å²) < 4.78 is 10.1. The highest BCUT2D eigenvalue weighted by Gasteiger charge is 2.09. The highest BCUT2D eigenvalue weighted by Crippen LogP contribution is 2.20. The lowest BCUT2D eigenvalue weighted by Gasteiger charge is -2.12. The Morgan fingerprint density at radius 1 is 1.19 bits per heavy atom. The summed E-state index contributed by atoms with van der Waals surface area (Å²) in [4.78, 5) is 28.0. The van der Waals surface area contributed by atoms with Crippen molar-refractivity contribution in [2.24, 2.45) is 0 Å². The highest BCUT2D eigenvalue weighted by molar-refractivity contribution is 7.10. The van der Waals surface area contributed by atoms with E-state index in [9.17, 15) is 9.59 Å². The molecule has 152 valence electrons. The van der Waals surface area contributed by atoms with Crippen molar-refractivity contribution in [3.05, 3.63) is 22.2 Å². The molecule has 0 radical (unpaired) electrons. The fraction of sp³-hybridized carbons (Fsp3) is 0.667. The molecular formula is C21H33NO4S. The molecule has 0 aliphatic heterocycles. The number of aromatic nitrogens is 1. The second kappa shape index (κ2) is 14.4. The minimum Gasteiger partial charge on any atom is -0.469 e. The molecule has 5 nitrogen and oxygen atoms in total. The summed E-state index contributed by atoms with van der Waals surface area (Å²) in [5.74, 6) is -0.374. The van der Waals surface area contributed by atoms with E-state index in [0.29, 0.717) is 6.42 Å². The van der Waals surface area contributed by atoms with Gasteiger partial charge in [0.15, 0.2) is 0 Å². The quantitative estimate of drug-likeness (QED) is 0.314. The van der Waals surface area contributed by atoms with E-state index < -0.39 is 0 Å². The van der Waals surface area contributed by atoms with Crippen LogP contribution >= 0.6 is 11.3 Å². The number of carbonyl (C=O) groups excluding carboxylic acids is 2. The third kappa shape index (κ3) is 10.9. The summed E-state index contributed by atoms with van der Waals surface area (Å²) in [5, 5.41) is 0. The fourth-order valence-electron chi connectivity index (χ4n) is 2.82. The van der Waals surface area contributed by atoms with Crippen LogP contribution in [0.25, 0.3) is 6.08 Å². The van der Waals surface area contributed by atoms with E-state index in [-0.39, 0.29) is 18.0 Å². The van der Waals surface area contributed by atoms with Crippen molar-refractivity contribution >= 4 is 29.4 Å². The topological polar surface area (TPSA) is 65.5 Å². The van der Waals surface area contributed by atoms with Gasteiger partial charge in [-0.3, -0.25) is 9.59 Å². The number of methoxy groups -OCH3 is 1. The molecule has 1 heterocycles. The second-order valence-electron chi connectivity index (χ2n) is 6.66. The Kier molecular flexibility index (Phi) is 12.4. The van der Waals surface area contributed by atoms with Crippen molar-refractivity contribution in [2.45, 2.75) is 84.2 Å². The maximum absolute atomic E-state index is 11.3. The maximum atomic E-state index is 11.3. The summed E-state index contributed by atoms with van der Waals surface area (Å²) in [6.45, 7) is 3.62. The summed E-state index contributed by atoms with van der Waals surface area (Å²) in [6.07, 6.45) is 13.5. The van der Waals surface area contributed by atoms with Crippen molar-refractivity contribution in [2.75, 3.05) is 7.11 Å². The molecular weight excluding hydrogens is 362 g/mol. The molecule has 27 heavy (non-hydrogen) atoms. The van der Waals surface area contributed by atoms with E-state index >= 15 is 0 Å². The zero-order valence-electron chi connectivity index (χ0n) is 16.9. The number of rotatable bonds is 14. The largest absolute Gasteiger partial charge is 0.469 e. The van der Waals surface area contributed by atoms with E-state index in [1.807, 2.05) is 17.7 Å². The SMILES string of the molecule is CCCCCC(C=Cc1scnc1CCCCCCC(=O)OC)OC(C)=O. The van der Waals surface area contributed by atoms with Gasteiger partial charge in [0.25, 0.3) is 0 Å². The Bertz CT molecular complexity index is 582. The summed E-state index contributed by atoms with van der Waals surface area (Å²) >= 11 is 1.61. The Hall–Kier alpha value is -1.69. The number of hydrogen-bond donors (Lipinski definition) is 0. The molecule has 0 aromatic carbocycles. The van der Waals surface area contributed by atoms with Crippen LogP contribution in [-0.4, -0.2) is 30.1 Å². The second-order valence-corrected chi connectivity index (χ2v) is 7.54. The van der Waals surface area contributed by atoms with Crippen molar-refractivity contribution in [1.29, 1.82) is 0 Å². The zero-order valence-corrected chi connectivity index (χ0v) is 17.7. The van der Waals surface area contributed by atoms with Crippen LogP contribution in [0, 0.1) is 0 Å².